The predicted octanol–water partition coefficient (Wildman–Crippen LogP) is 25.1. The van der Waals surface area contributed by atoms with E-state index in [4.69, 9.17) is 0 Å². The van der Waals surface area contributed by atoms with E-state index in [1.165, 1.54) is 392 Å². The molecule has 5 N–H and O–H groups in total. The number of amides is 1. The van der Waals surface area contributed by atoms with E-state index in [1.54, 1.807) is 0 Å². The molecular weight excluding hydrogens is 1040 g/mol. The van der Waals surface area contributed by atoms with Crippen molar-refractivity contribution in [3.8, 4) is 0 Å². The van der Waals surface area contributed by atoms with E-state index in [2.05, 4.69) is 31.3 Å². The van der Waals surface area contributed by atoms with Crippen molar-refractivity contribution in [3.05, 3.63) is 12.2 Å². The van der Waals surface area contributed by atoms with Crippen molar-refractivity contribution in [2.75, 3.05) is 6.61 Å². The molecule has 4 unspecified atom stereocenters. The number of hydrogen-bond acceptors (Lipinski definition) is 5. The van der Waals surface area contributed by atoms with Crippen LogP contribution in [-0.2, 0) is 4.79 Å². The molecule has 0 bridgehead atoms. The van der Waals surface area contributed by atoms with Crippen LogP contribution in [0, 0.1) is 0 Å². The maximum Gasteiger partial charge on any atom is 0.249 e. The molecule has 4 atom stereocenters. The van der Waals surface area contributed by atoms with Crippen molar-refractivity contribution in [1.82, 2.24) is 5.32 Å². The molecule has 508 valence electrons. The van der Waals surface area contributed by atoms with Crippen LogP contribution in [0.4, 0.5) is 0 Å². The van der Waals surface area contributed by atoms with Crippen molar-refractivity contribution in [2.24, 2.45) is 0 Å². The van der Waals surface area contributed by atoms with Crippen molar-refractivity contribution in [1.29, 1.82) is 0 Å². The van der Waals surface area contributed by atoms with Crippen LogP contribution in [0.2, 0.25) is 0 Å². The Bertz CT molecular complexity index is 1260. The normalized spacial score (nSPS) is 13.3. The fourth-order valence-corrected chi connectivity index (χ4v) is 13.1. The largest absolute Gasteiger partial charge is 0.394 e. The Labute approximate surface area is 533 Å². The standard InChI is InChI=1S/C79H157NO5/c1-3-5-7-9-11-13-15-17-19-21-23-25-27-29-31-33-35-36-37-38-39-40-41-43-45-47-49-51-53-55-57-59-61-63-65-67-69-71-73-77(83)79(85)80-75(74-81)78(84)76(82)72-70-68-66-64-62-60-58-56-54-52-50-48-46-44-42-34-32-30-28-26-24-22-20-18-16-14-12-10-8-6-4-2/h64,66,75-78,81-84H,3-63,65,67-74H2,1-2H3,(H,80,85)/b66-64+. The van der Waals surface area contributed by atoms with Gasteiger partial charge in [-0.1, -0.05) is 431 Å². The van der Waals surface area contributed by atoms with Gasteiger partial charge in [-0.3, -0.25) is 4.79 Å². The first kappa shape index (κ1) is 84.0. The highest BCUT2D eigenvalue weighted by Gasteiger charge is 2.28. The Kier molecular flexibility index (Phi) is 73.0. The van der Waals surface area contributed by atoms with E-state index in [9.17, 15) is 25.2 Å². The molecule has 6 nitrogen and oxygen atoms in total. The topological polar surface area (TPSA) is 110 Å². The van der Waals surface area contributed by atoms with Gasteiger partial charge >= 0.3 is 0 Å². The van der Waals surface area contributed by atoms with Gasteiger partial charge in [0, 0.05) is 0 Å². The summed E-state index contributed by atoms with van der Waals surface area (Å²) in [7, 11) is 0. The van der Waals surface area contributed by atoms with Gasteiger partial charge in [0.05, 0.1) is 18.8 Å². The quantitative estimate of drug-likeness (QED) is 0.0308. The highest BCUT2D eigenvalue weighted by atomic mass is 16.3. The Morgan fingerprint density at radius 2 is 0.482 bits per heavy atom. The van der Waals surface area contributed by atoms with Gasteiger partial charge in [-0.05, 0) is 38.5 Å². The second-order valence-corrected chi connectivity index (χ2v) is 27.8. The summed E-state index contributed by atoms with van der Waals surface area (Å²) < 4.78 is 0. The van der Waals surface area contributed by atoms with Crippen LogP contribution in [0.25, 0.3) is 0 Å². The molecule has 0 aromatic carbocycles. The van der Waals surface area contributed by atoms with Crippen LogP contribution >= 0.6 is 0 Å². The number of carbonyl (C=O) groups is 1. The van der Waals surface area contributed by atoms with E-state index in [1.807, 2.05) is 0 Å². The molecule has 0 radical (unpaired) electrons. The minimum absolute atomic E-state index is 0.369. The van der Waals surface area contributed by atoms with E-state index >= 15 is 0 Å². The molecule has 1 amide bonds. The molecule has 0 aliphatic carbocycles. The van der Waals surface area contributed by atoms with Gasteiger partial charge in [0.15, 0.2) is 0 Å². The lowest BCUT2D eigenvalue weighted by Crippen LogP contribution is -2.53. The highest BCUT2D eigenvalue weighted by molar-refractivity contribution is 5.80. The third kappa shape index (κ3) is 67.3. The van der Waals surface area contributed by atoms with Gasteiger partial charge < -0.3 is 25.7 Å². The molecule has 0 fully saturated rings. The fourth-order valence-electron chi connectivity index (χ4n) is 13.1. The number of aliphatic hydroxyl groups excluding tert-OH is 4. The third-order valence-electron chi connectivity index (χ3n) is 19.2. The molecule has 0 aliphatic heterocycles. The predicted molar refractivity (Wildman–Crippen MR) is 376 cm³/mol. The summed E-state index contributed by atoms with van der Waals surface area (Å²) >= 11 is 0. The first-order valence-electron chi connectivity index (χ1n) is 39.6. The van der Waals surface area contributed by atoms with Gasteiger partial charge in [0.25, 0.3) is 0 Å². The van der Waals surface area contributed by atoms with Gasteiger partial charge in [0.2, 0.25) is 5.91 Å². The molecule has 6 heteroatoms. The first-order chi connectivity index (χ1) is 42.0. The molecule has 0 spiro atoms. The summed E-state index contributed by atoms with van der Waals surface area (Å²) in [5.41, 5.74) is 0. The SMILES string of the molecule is CCCCCCCCCCCCCCCCCCCCCCCCCCCC/C=C/CCCC(O)C(O)C(CO)NC(=O)C(O)CCCCCCCCCCCCCCCCCCCCCCCCCCCCCCCCCCCCCCCC. The fraction of sp³-hybridized carbons (Fsp3) is 0.962. The Morgan fingerprint density at radius 3 is 0.706 bits per heavy atom. The summed E-state index contributed by atoms with van der Waals surface area (Å²) in [5.74, 6) is -0.583. The lowest BCUT2D eigenvalue weighted by Gasteiger charge is -2.27. The van der Waals surface area contributed by atoms with Gasteiger partial charge in [-0.15, -0.1) is 0 Å². The number of unbranched alkanes of at least 4 members (excludes halogenated alkanes) is 64. The van der Waals surface area contributed by atoms with Gasteiger partial charge in [-0.2, -0.15) is 0 Å². The van der Waals surface area contributed by atoms with E-state index in [0.29, 0.717) is 12.8 Å². The summed E-state index contributed by atoms with van der Waals surface area (Å²) in [6.45, 7) is 4.12. The van der Waals surface area contributed by atoms with Crippen molar-refractivity contribution in [2.45, 2.75) is 481 Å². The number of nitrogens with one attached hydrogen (secondary N) is 1. The van der Waals surface area contributed by atoms with Crippen LogP contribution in [0.5, 0.6) is 0 Å². The smallest absolute Gasteiger partial charge is 0.249 e. The minimum Gasteiger partial charge on any atom is -0.394 e. The number of hydrogen-bond donors (Lipinski definition) is 5. The van der Waals surface area contributed by atoms with Gasteiger partial charge in [0.1, 0.15) is 12.2 Å². The zero-order valence-corrected chi connectivity index (χ0v) is 58.2. The summed E-state index contributed by atoms with van der Waals surface area (Å²) in [6, 6.07) is -1.00. The lowest BCUT2D eigenvalue weighted by molar-refractivity contribution is -0.132. The van der Waals surface area contributed by atoms with Crippen LogP contribution in [0.15, 0.2) is 12.2 Å². The highest BCUT2D eigenvalue weighted by Crippen LogP contribution is 2.21. The molecule has 0 rings (SSSR count). The Hall–Kier alpha value is -0.950. The van der Waals surface area contributed by atoms with Crippen LogP contribution < -0.4 is 5.32 Å². The first-order valence-corrected chi connectivity index (χ1v) is 39.6. The number of carbonyl (C=O) groups excluding carboxylic acids is 1. The Morgan fingerprint density at radius 1 is 0.282 bits per heavy atom. The number of rotatable bonds is 75. The second kappa shape index (κ2) is 73.8. The van der Waals surface area contributed by atoms with Crippen LogP contribution in [-0.4, -0.2) is 57.3 Å². The molecule has 0 aromatic rings. The summed E-state index contributed by atoms with van der Waals surface area (Å²) in [5, 5.41) is 44.3. The zero-order valence-electron chi connectivity index (χ0n) is 58.2. The van der Waals surface area contributed by atoms with E-state index in [-0.39, 0.29) is 0 Å². The molecular formula is C79H157NO5. The molecule has 85 heavy (non-hydrogen) atoms. The molecule has 0 aromatic heterocycles. The average molecular weight is 1200 g/mol. The van der Waals surface area contributed by atoms with Crippen molar-refractivity contribution in [3.63, 3.8) is 0 Å². The Balaban J connectivity index is 3.49. The summed E-state index contributed by atoms with van der Waals surface area (Å²) in [4.78, 5) is 12.7. The van der Waals surface area contributed by atoms with Crippen LogP contribution in [0.3, 0.4) is 0 Å². The molecule has 0 aliphatic rings. The van der Waals surface area contributed by atoms with Crippen molar-refractivity contribution < 1.29 is 25.2 Å². The van der Waals surface area contributed by atoms with E-state index in [0.717, 1.165) is 38.5 Å². The lowest BCUT2D eigenvalue weighted by atomic mass is 10.00. The van der Waals surface area contributed by atoms with Crippen LogP contribution in [0.1, 0.15) is 457 Å². The maximum atomic E-state index is 12.7. The second-order valence-electron chi connectivity index (χ2n) is 27.8. The summed E-state index contributed by atoms with van der Waals surface area (Å²) in [6.07, 6.45) is 94.0. The molecule has 0 heterocycles. The van der Waals surface area contributed by atoms with E-state index < -0.39 is 36.9 Å². The molecule has 0 saturated carbocycles. The maximum absolute atomic E-state index is 12.7. The monoisotopic (exact) mass is 1200 g/mol. The number of aliphatic hydroxyl groups is 4. The molecule has 0 saturated heterocycles. The van der Waals surface area contributed by atoms with Gasteiger partial charge in [-0.25, -0.2) is 0 Å². The number of allylic oxidation sites excluding steroid dienone is 2. The minimum atomic E-state index is -1.28. The average Bonchev–Trinajstić information content (AvgIpc) is 3.51. The van der Waals surface area contributed by atoms with Crippen molar-refractivity contribution >= 4 is 5.91 Å². The zero-order chi connectivity index (χ0) is 61.5. The third-order valence-corrected chi connectivity index (χ3v) is 19.2.